The molecule has 0 atom stereocenters. The molecule has 3 N–H and O–H groups in total. The van der Waals surface area contributed by atoms with Crippen molar-refractivity contribution in [3.05, 3.63) is 77.3 Å². The highest BCUT2D eigenvalue weighted by atomic mass is 19.1. The van der Waals surface area contributed by atoms with Crippen molar-refractivity contribution in [2.45, 2.75) is 12.8 Å². The third-order valence-electron chi connectivity index (χ3n) is 3.91. The van der Waals surface area contributed by atoms with E-state index in [-0.39, 0.29) is 23.8 Å². The number of allylic oxidation sites excluding steroid dienone is 3. The molecule has 9 heteroatoms. The average molecular weight is 416 g/mol. The lowest BCUT2D eigenvalue weighted by molar-refractivity contribution is -0.106. The maximum Gasteiger partial charge on any atom is 0.284 e. The van der Waals surface area contributed by atoms with Crippen LogP contribution in [-0.2, 0) is 4.79 Å². The molecule has 0 spiro atoms. The summed E-state index contributed by atoms with van der Waals surface area (Å²) >= 11 is 0. The molecule has 1 aromatic heterocycles. The highest BCUT2D eigenvalue weighted by molar-refractivity contribution is 6.17. The minimum Gasteiger partial charge on any atom is -0.372 e. The number of hydrogen-bond donors (Lipinski definition) is 2. The van der Waals surface area contributed by atoms with Crippen molar-refractivity contribution in [1.82, 2.24) is 4.98 Å². The molecule has 1 aromatic carbocycles. The minimum absolute atomic E-state index is 0.0863. The molecule has 3 rings (SSSR count). The van der Waals surface area contributed by atoms with Crippen LogP contribution in [0.2, 0.25) is 0 Å². The molecule has 1 fully saturated rings. The largest absolute Gasteiger partial charge is 0.372 e. The summed E-state index contributed by atoms with van der Waals surface area (Å²) in [4.78, 5) is 17.4. The molecule has 0 radical (unpaired) electrons. The number of pyridine rings is 1. The van der Waals surface area contributed by atoms with E-state index in [4.69, 9.17) is 15.0 Å². The summed E-state index contributed by atoms with van der Waals surface area (Å²) in [5.74, 6) is -2.18. The topological polar surface area (TPSA) is 101 Å². The first-order valence-electron chi connectivity index (χ1n) is 8.85. The number of carbonyl (C=O) groups excluding carboxylic acids is 1. The average Bonchev–Trinajstić information content (AvgIpc) is 3.56. The van der Waals surface area contributed by atoms with Gasteiger partial charge >= 0.3 is 0 Å². The van der Waals surface area contributed by atoms with Crippen LogP contribution in [-0.4, -0.2) is 23.3 Å². The van der Waals surface area contributed by atoms with Crippen LogP contribution in [0.5, 0.6) is 5.88 Å². The molecule has 0 aliphatic heterocycles. The van der Waals surface area contributed by atoms with Crippen molar-refractivity contribution in [3.63, 3.8) is 0 Å². The van der Waals surface area contributed by atoms with Gasteiger partial charge in [0, 0.05) is 29.5 Å². The molecule has 0 unspecified atom stereocenters. The SMILES string of the molecule is N=CC(=C\C=C\c1c(F)cccc1F)/C(=N/Oc1ncccc1F)C1CC1.NC=O. The van der Waals surface area contributed by atoms with Gasteiger partial charge in [-0.25, -0.2) is 18.2 Å². The number of nitrogens with two attached hydrogens (primary N) is 1. The van der Waals surface area contributed by atoms with E-state index >= 15 is 0 Å². The summed E-state index contributed by atoms with van der Waals surface area (Å²) in [5.41, 5.74) is 4.87. The Kier molecular flexibility index (Phi) is 8.49. The smallest absolute Gasteiger partial charge is 0.284 e. The molecule has 1 heterocycles. The number of halogens is 3. The van der Waals surface area contributed by atoms with Crippen molar-refractivity contribution in [3.8, 4) is 5.88 Å². The van der Waals surface area contributed by atoms with Crippen LogP contribution < -0.4 is 10.6 Å². The van der Waals surface area contributed by atoms with Gasteiger partial charge in [0.2, 0.25) is 6.41 Å². The fraction of sp³-hybridized carbons (Fsp3) is 0.143. The maximum atomic E-state index is 13.7. The van der Waals surface area contributed by atoms with Gasteiger partial charge in [0.25, 0.3) is 5.88 Å². The first-order chi connectivity index (χ1) is 14.5. The molecule has 1 aliphatic carbocycles. The van der Waals surface area contributed by atoms with Crippen molar-refractivity contribution in [2.75, 3.05) is 0 Å². The van der Waals surface area contributed by atoms with Crippen molar-refractivity contribution in [2.24, 2.45) is 16.8 Å². The summed E-state index contributed by atoms with van der Waals surface area (Å²) in [6.45, 7) is 0. The lowest BCUT2D eigenvalue weighted by Crippen LogP contribution is -2.09. The zero-order chi connectivity index (χ0) is 21.9. The van der Waals surface area contributed by atoms with Crippen LogP contribution in [0.3, 0.4) is 0 Å². The number of primary amides is 1. The third-order valence-corrected chi connectivity index (χ3v) is 3.91. The van der Waals surface area contributed by atoms with Gasteiger partial charge in [-0.3, -0.25) is 4.79 Å². The summed E-state index contributed by atoms with van der Waals surface area (Å²) in [6.07, 6.45) is 8.64. The fourth-order valence-corrected chi connectivity index (χ4v) is 2.38. The number of oxime groups is 1. The highest BCUT2D eigenvalue weighted by Crippen LogP contribution is 2.33. The number of rotatable bonds is 7. The Morgan fingerprint density at radius 2 is 1.80 bits per heavy atom. The molecular formula is C21H19F3N4O2. The second-order valence-corrected chi connectivity index (χ2v) is 6.03. The Hall–Kier alpha value is -3.75. The van der Waals surface area contributed by atoms with Crippen LogP contribution in [0.15, 0.2) is 59.4 Å². The van der Waals surface area contributed by atoms with E-state index in [1.807, 2.05) is 0 Å². The normalized spacial score (nSPS) is 14.1. The lowest BCUT2D eigenvalue weighted by Gasteiger charge is -2.05. The number of nitrogens with one attached hydrogen (secondary N) is 1. The zero-order valence-electron chi connectivity index (χ0n) is 15.8. The van der Waals surface area contributed by atoms with E-state index < -0.39 is 17.5 Å². The molecule has 0 saturated heterocycles. The van der Waals surface area contributed by atoms with Gasteiger partial charge in [-0.1, -0.05) is 23.4 Å². The Morgan fingerprint density at radius 1 is 1.17 bits per heavy atom. The number of aromatic nitrogens is 1. The van der Waals surface area contributed by atoms with Gasteiger partial charge in [-0.2, -0.15) is 0 Å². The van der Waals surface area contributed by atoms with Crippen LogP contribution in [0.4, 0.5) is 13.2 Å². The summed E-state index contributed by atoms with van der Waals surface area (Å²) in [6, 6.07) is 6.25. The lowest BCUT2D eigenvalue weighted by atomic mass is 10.1. The Bertz CT molecular complexity index is 966. The number of amides is 1. The molecule has 1 aliphatic rings. The molecule has 6 nitrogen and oxygen atoms in total. The van der Waals surface area contributed by atoms with E-state index in [1.54, 1.807) is 0 Å². The Morgan fingerprint density at radius 3 is 2.37 bits per heavy atom. The number of carbonyl (C=O) groups is 1. The van der Waals surface area contributed by atoms with E-state index in [1.165, 1.54) is 42.6 Å². The monoisotopic (exact) mass is 416 g/mol. The van der Waals surface area contributed by atoms with E-state index in [0.29, 0.717) is 11.3 Å². The predicted molar refractivity (Wildman–Crippen MR) is 107 cm³/mol. The molecule has 2 aromatic rings. The Balaban J connectivity index is 0.00000101. The number of benzene rings is 1. The number of hydrogen-bond acceptors (Lipinski definition) is 5. The van der Waals surface area contributed by atoms with Gasteiger partial charge in [0.1, 0.15) is 11.6 Å². The molecular weight excluding hydrogens is 397 g/mol. The van der Waals surface area contributed by atoms with Crippen LogP contribution in [0, 0.1) is 28.8 Å². The van der Waals surface area contributed by atoms with Crippen molar-refractivity contribution >= 4 is 24.4 Å². The quantitative estimate of drug-likeness (QED) is 0.308. The molecule has 156 valence electrons. The van der Waals surface area contributed by atoms with Crippen molar-refractivity contribution < 1.29 is 22.8 Å². The predicted octanol–water partition coefficient (Wildman–Crippen LogP) is 4.03. The highest BCUT2D eigenvalue weighted by Gasteiger charge is 2.30. The number of nitrogens with zero attached hydrogens (tertiary/aromatic N) is 2. The van der Waals surface area contributed by atoms with Gasteiger partial charge < -0.3 is 16.0 Å². The van der Waals surface area contributed by atoms with Gasteiger partial charge in [0.05, 0.1) is 5.71 Å². The summed E-state index contributed by atoms with van der Waals surface area (Å²) in [5, 5.41) is 11.6. The Labute approximate surface area is 171 Å². The minimum atomic E-state index is -0.680. The van der Waals surface area contributed by atoms with E-state index in [0.717, 1.165) is 31.2 Å². The standard InChI is InChI=1S/C20H16F3N3O.CH3NO/c21-16-6-2-7-17(22)15(16)5-1-4-14(12-24)19(13-9-10-13)26-27-20-18(23)8-3-11-25-20;2-1-3/h1-8,11-13,24H,9-10H2;1H,(H2,2,3)/b5-1+,14-4+,24-12?,26-19+;. The summed E-state index contributed by atoms with van der Waals surface area (Å²) < 4.78 is 40.9. The van der Waals surface area contributed by atoms with Gasteiger partial charge in [-0.15, -0.1) is 0 Å². The fourth-order valence-electron chi connectivity index (χ4n) is 2.38. The second-order valence-electron chi connectivity index (χ2n) is 6.03. The zero-order valence-corrected chi connectivity index (χ0v) is 15.8. The molecule has 30 heavy (non-hydrogen) atoms. The molecule has 1 amide bonds. The molecule has 1 saturated carbocycles. The van der Waals surface area contributed by atoms with Gasteiger partial charge in [-0.05, 0) is 43.2 Å². The maximum absolute atomic E-state index is 13.7. The first kappa shape index (κ1) is 22.5. The molecule has 0 bridgehead atoms. The first-order valence-corrected chi connectivity index (χ1v) is 8.85. The second kappa shape index (κ2) is 11.3. The van der Waals surface area contributed by atoms with E-state index in [9.17, 15) is 13.2 Å². The van der Waals surface area contributed by atoms with E-state index in [2.05, 4.69) is 15.9 Å². The van der Waals surface area contributed by atoms with Crippen LogP contribution in [0.1, 0.15) is 18.4 Å². The summed E-state index contributed by atoms with van der Waals surface area (Å²) in [7, 11) is 0. The van der Waals surface area contributed by atoms with Crippen LogP contribution >= 0.6 is 0 Å². The van der Waals surface area contributed by atoms with Crippen molar-refractivity contribution in [1.29, 1.82) is 5.41 Å². The van der Waals surface area contributed by atoms with Crippen LogP contribution in [0.25, 0.3) is 6.08 Å². The third kappa shape index (κ3) is 6.40. The van der Waals surface area contributed by atoms with Gasteiger partial charge in [0.15, 0.2) is 5.82 Å².